The number of aliphatic hydroxyl groups is 1. The Morgan fingerprint density at radius 1 is 0.872 bits per heavy atom. The van der Waals surface area contributed by atoms with E-state index in [9.17, 15) is 19.5 Å². The van der Waals surface area contributed by atoms with E-state index in [1.807, 2.05) is 27.7 Å². The fourth-order valence-corrected chi connectivity index (χ4v) is 5.27. The highest BCUT2D eigenvalue weighted by molar-refractivity contribution is 5.97. The quantitative estimate of drug-likeness (QED) is 0.0698. The van der Waals surface area contributed by atoms with E-state index < -0.39 is 12.1 Å². The Kier molecular flexibility index (Phi) is 21.8. The molecule has 11 heteroatoms. The standard InChI is InChI=1S/C36H64N4O7/c1-8-10-18-38-33(41)24-47-28-15-17-30(32(23-28)46-21-13-12-20-45-7)35(43)40-36(44)31(26(5)6)22-27(37)14-16-29(25(3)4)34(42)39-19-11-9-2/h15,17,23,25-27,29,31,36,44H,8-14,16,18-22,24,37H2,1-7H3,(H,38,41)(H,39,42)(H,40,43)/t27-,29-,31-,36?/m0/s1. The number of benzene rings is 1. The summed E-state index contributed by atoms with van der Waals surface area (Å²) in [6, 6.07) is 4.53. The van der Waals surface area contributed by atoms with Crippen molar-refractivity contribution in [1.82, 2.24) is 16.0 Å². The Hall–Kier alpha value is -2.89. The van der Waals surface area contributed by atoms with E-state index in [1.165, 1.54) is 0 Å². The number of aliphatic hydroxyl groups excluding tert-OH is 1. The smallest absolute Gasteiger partial charge is 0.257 e. The van der Waals surface area contributed by atoms with E-state index >= 15 is 0 Å². The molecule has 47 heavy (non-hydrogen) atoms. The number of ether oxygens (including phenoxy) is 3. The summed E-state index contributed by atoms with van der Waals surface area (Å²) in [5.41, 5.74) is 6.80. The van der Waals surface area contributed by atoms with Crippen LogP contribution in [-0.4, -0.2) is 75.1 Å². The third-order valence-corrected chi connectivity index (χ3v) is 8.36. The monoisotopic (exact) mass is 664 g/mol. The van der Waals surface area contributed by atoms with E-state index in [0.29, 0.717) is 63.5 Å². The van der Waals surface area contributed by atoms with E-state index in [0.717, 1.165) is 32.1 Å². The van der Waals surface area contributed by atoms with Gasteiger partial charge < -0.3 is 41.0 Å². The second-order valence-electron chi connectivity index (χ2n) is 13.1. The summed E-state index contributed by atoms with van der Waals surface area (Å²) in [6.07, 6.45) is 5.98. The minimum atomic E-state index is -1.15. The molecule has 270 valence electrons. The molecule has 0 fully saturated rings. The van der Waals surface area contributed by atoms with Crippen LogP contribution in [0.2, 0.25) is 0 Å². The van der Waals surface area contributed by atoms with Gasteiger partial charge in [0, 0.05) is 50.8 Å². The zero-order valence-corrected chi connectivity index (χ0v) is 30.1. The molecule has 0 aromatic heterocycles. The maximum atomic E-state index is 13.5. The van der Waals surface area contributed by atoms with Gasteiger partial charge in [0.25, 0.3) is 11.8 Å². The predicted octanol–water partition coefficient (Wildman–Crippen LogP) is 4.79. The minimum Gasteiger partial charge on any atom is -0.493 e. The first kappa shape index (κ1) is 42.1. The molecule has 1 rings (SSSR count). The Labute approximate surface area is 283 Å². The first-order valence-corrected chi connectivity index (χ1v) is 17.6. The first-order valence-electron chi connectivity index (χ1n) is 17.6. The summed E-state index contributed by atoms with van der Waals surface area (Å²) in [5, 5.41) is 19.8. The molecule has 0 heterocycles. The fraction of sp³-hybridized carbons (Fsp3) is 0.750. The highest BCUT2D eigenvalue weighted by atomic mass is 16.5. The Morgan fingerprint density at radius 2 is 1.53 bits per heavy atom. The molecule has 0 aliphatic carbocycles. The van der Waals surface area contributed by atoms with Gasteiger partial charge in [0.1, 0.15) is 17.7 Å². The SMILES string of the molecule is CCCCNC(=O)COc1ccc(C(=O)NC(O)[C@@H](C[C@@H](N)CC[C@H](C(=O)NCCCC)C(C)C)C(C)C)c(OCCCCOC)c1. The van der Waals surface area contributed by atoms with Gasteiger partial charge in [-0.3, -0.25) is 14.4 Å². The summed E-state index contributed by atoms with van der Waals surface area (Å²) in [7, 11) is 1.64. The molecule has 11 nitrogen and oxygen atoms in total. The highest BCUT2D eigenvalue weighted by Crippen LogP contribution is 2.28. The number of amides is 3. The molecule has 1 aromatic rings. The van der Waals surface area contributed by atoms with Crippen LogP contribution >= 0.6 is 0 Å². The molecule has 0 saturated heterocycles. The van der Waals surface area contributed by atoms with Gasteiger partial charge in [0.05, 0.1) is 12.2 Å². The molecular weight excluding hydrogens is 600 g/mol. The number of carbonyl (C=O) groups is 3. The van der Waals surface area contributed by atoms with Crippen molar-refractivity contribution in [3.63, 3.8) is 0 Å². The molecule has 0 aliphatic heterocycles. The lowest BCUT2D eigenvalue weighted by molar-refractivity contribution is -0.126. The van der Waals surface area contributed by atoms with Crippen LogP contribution < -0.4 is 31.2 Å². The lowest BCUT2D eigenvalue weighted by Crippen LogP contribution is -2.44. The van der Waals surface area contributed by atoms with Crippen molar-refractivity contribution in [2.75, 3.05) is 40.0 Å². The van der Waals surface area contributed by atoms with Crippen LogP contribution in [0.5, 0.6) is 11.5 Å². The number of nitrogens with two attached hydrogens (primary N) is 1. The van der Waals surface area contributed by atoms with Crippen LogP contribution in [0, 0.1) is 23.7 Å². The van der Waals surface area contributed by atoms with Crippen LogP contribution in [0.1, 0.15) is 110 Å². The zero-order valence-electron chi connectivity index (χ0n) is 30.1. The van der Waals surface area contributed by atoms with Crippen LogP contribution in [0.3, 0.4) is 0 Å². The average molecular weight is 665 g/mol. The summed E-state index contributed by atoms with van der Waals surface area (Å²) in [4.78, 5) is 38.4. The molecule has 0 spiro atoms. The van der Waals surface area contributed by atoms with E-state index in [1.54, 1.807) is 25.3 Å². The Bertz CT molecular complexity index is 1040. The number of hydrogen-bond acceptors (Lipinski definition) is 8. The van der Waals surface area contributed by atoms with Crippen molar-refractivity contribution in [1.29, 1.82) is 0 Å². The maximum Gasteiger partial charge on any atom is 0.257 e. The molecule has 1 unspecified atom stereocenters. The van der Waals surface area contributed by atoms with Crippen molar-refractivity contribution in [3.8, 4) is 11.5 Å². The van der Waals surface area contributed by atoms with Gasteiger partial charge in [-0.05, 0) is 68.9 Å². The highest BCUT2D eigenvalue weighted by Gasteiger charge is 2.29. The maximum absolute atomic E-state index is 13.5. The van der Waals surface area contributed by atoms with Crippen LogP contribution in [0.15, 0.2) is 18.2 Å². The van der Waals surface area contributed by atoms with Crippen molar-refractivity contribution in [2.24, 2.45) is 29.4 Å². The van der Waals surface area contributed by atoms with Crippen LogP contribution in [0.4, 0.5) is 0 Å². The number of methoxy groups -OCH3 is 1. The molecule has 6 N–H and O–H groups in total. The lowest BCUT2D eigenvalue weighted by Gasteiger charge is -2.30. The number of carbonyl (C=O) groups excluding carboxylic acids is 3. The summed E-state index contributed by atoms with van der Waals surface area (Å²) >= 11 is 0. The molecule has 0 radical (unpaired) electrons. The van der Waals surface area contributed by atoms with Crippen LogP contribution in [-0.2, 0) is 14.3 Å². The number of hydrogen-bond donors (Lipinski definition) is 5. The molecule has 0 bridgehead atoms. The number of unbranched alkanes of at least 4 members (excludes halogenated alkanes) is 3. The summed E-state index contributed by atoms with van der Waals surface area (Å²) < 4.78 is 16.8. The minimum absolute atomic E-state index is 0.0327. The lowest BCUT2D eigenvalue weighted by atomic mass is 9.83. The largest absolute Gasteiger partial charge is 0.493 e. The number of rotatable bonds is 26. The fourth-order valence-electron chi connectivity index (χ4n) is 5.27. The Morgan fingerprint density at radius 3 is 2.15 bits per heavy atom. The topological polar surface area (TPSA) is 161 Å². The van der Waals surface area contributed by atoms with Gasteiger partial charge in [-0.1, -0.05) is 54.4 Å². The van der Waals surface area contributed by atoms with Gasteiger partial charge in [-0.15, -0.1) is 0 Å². The van der Waals surface area contributed by atoms with E-state index in [4.69, 9.17) is 19.9 Å². The van der Waals surface area contributed by atoms with Gasteiger partial charge in [0.2, 0.25) is 5.91 Å². The molecule has 3 amide bonds. The molecule has 4 atom stereocenters. The van der Waals surface area contributed by atoms with Gasteiger partial charge >= 0.3 is 0 Å². The second-order valence-corrected chi connectivity index (χ2v) is 13.1. The van der Waals surface area contributed by atoms with Crippen molar-refractivity contribution in [3.05, 3.63) is 23.8 Å². The normalized spacial score (nSPS) is 13.9. The number of nitrogens with one attached hydrogen (secondary N) is 3. The molecular formula is C36H64N4O7. The molecule has 0 aliphatic rings. The van der Waals surface area contributed by atoms with Gasteiger partial charge in [-0.2, -0.15) is 0 Å². The third-order valence-electron chi connectivity index (χ3n) is 8.36. The third kappa shape index (κ3) is 17.2. The van der Waals surface area contributed by atoms with Crippen molar-refractivity contribution >= 4 is 17.7 Å². The average Bonchev–Trinajstić information content (AvgIpc) is 3.02. The second kappa shape index (κ2) is 24.3. The van der Waals surface area contributed by atoms with E-state index in [2.05, 4.69) is 29.8 Å². The van der Waals surface area contributed by atoms with Gasteiger partial charge in [0.15, 0.2) is 6.61 Å². The molecule has 0 saturated carbocycles. The summed E-state index contributed by atoms with van der Waals surface area (Å²) in [6.45, 7) is 14.3. The van der Waals surface area contributed by atoms with Crippen LogP contribution in [0.25, 0.3) is 0 Å². The molecule has 1 aromatic carbocycles. The van der Waals surface area contributed by atoms with Crippen molar-refractivity contribution in [2.45, 2.75) is 112 Å². The Balaban J connectivity index is 2.94. The first-order chi connectivity index (χ1) is 22.4. The predicted molar refractivity (Wildman–Crippen MR) is 186 cm³/mol. The van der Waals surface area contributed by atoms with Crippen molar-refractivity contribution < 1.29 is 33.7 Å². The summed E-state index contributed by atoms with van der Waals surface area (Å²) in [5.74, 6) is -0.176. The van der Waals surface area contributed by atoms with Gasteiger partial charge in [-0.25, -0.2) is 0 Å². The van der Waals surface area contributed by atoms with E-state index in [-0.39, 0.29) is 53.7 Å². The zero-order chi connectivity index (χ0) is 35.2.